The van der Waals surface area contributed by atoms with Gasteiger partial charge in [-0.2, -0.15) is 0 Å². The zero-order valence-electron chi connectivity index (χ0n) is 22.2. The van der Waals surface area contributed by atoms with Crippen LogP contribution in [0, 0.1) is 12.7 Å². The minimum Gasteiger partial charge on any atom is -0.299 e. The second-order valence-electron chi connectivity index (χ2n) is 10.9. The van der Waals surface area contributed by atoms with E-state index in [-0.39, 0.29) is 23.4 Å². The van der Waals surface area contributed by atoms with E-state index in [0.717, 1.165) is 22.9 Å². The van der Waals surface area contributed by atoms with Gasteiger partial charge in [-0.3, -0.25) is 4.79 Å². The van der Waals surface area contributed by atoms with Gasteiger partial charge >= 0.3 is 0 Å². The molecule has 192 valence electrons. The summed E-state index contributed by atoms with van der Waals surface area (Å²) >= 11 is 0. The molecule has 5 heteroatoms. The summed E-state index contributed by atoms with van der Waals surface area (Å²) in [7, 11) is -3.17. The maximum Gasteiger partial charge on any atom is 0.147 e. The maximum absolute atomic E-state index is 14.6. The zero-order valence-corrected chi connectivity index (χ0v) is 23.0. The summed E-state index contributed by atoms with van der Waals surface area (Å²) in [6.07, 6.45) is 2.22. The molecule has 0 aliphatic heterocycles. The fourth-order valence-electron chi connectivity index (χ4n) is 4.33. The fraction of sp³-hybridized carbons (Fsp3) is 0.387. The first-order chi connectivity index (χ1) is 16.7. The molecule has 1 unspecified atom stereocenters. The first-order valence-corrected chi connectivity index (χ1v) is 14.5. The molecule has 0 saturated carbocycles. The number of benzene rings is 3. The smallest absolute Gasteiger partial charge is 0.147 e. The SMILES string of the molecule is Cc1cccc(-c2cc(C(C)(C)C)ccc2CCC(=O)C(C)c2ccc(CCS(C)(=O)=O)c(F)c2)c1. The quantitative estimate of drug-likeness (QED) is 0.313. The van der Waals surface area contributed by atoms with Gasteiger partial charge in [-0.05, 0) is 64.6 Å². The summed E-state index contributed by atoms with van der Waals surface area (Å²) < 4.78 is 37.4. The molecule has 3 rings (SSSR count). The molecule has 0 spiro atoms. The highest BCUT2D eigenvalue weighted by Crippen LogP contribution is 2.32. The summed E-state index contributed by atoms with van der Waals surface area (Å²) in [6, 6.07) is 19.6. The summed E-state index contributed by atoms with van der Waals surface area (Å²) in [5, 5.41) is 0. The first-order valence-electron chi connectivity index (χ1n) is 12.4. The second kappa shape index (κ2) is 11.1. The minimum atomic E-state index is -3.17. The molecule has 0 N–H and O–H groups in total. The molecule has 1 atom stereocenters. The van der Waals surface area contributed by atoms with Crippen LogP contribution in [0.4, 0.5) is 4.39 Å². The summed E-state index contributed by atoms with van der Waals surface area (Å²) in [5.41, 5.74) is 6.82. The predicted octanol–water partition coefficient (Wildman–Crippen LogP) is 6.99. The average Bonchev–Trinajstić information content (AvgIpc) is 2.80. The maximum atomic E-state index is 14.6. The summed E-state index contributed by atoms with van der Waals surface area (Å²) in [5.74, 6) is -0.960. The van der Waals surface area contributed by atoms with Gasteiger partial charge in [0.25, 0.3) is 0 Å². The van der Waals surface area contributed by atoms with Gasteiger partial charge in [0.1, 0.15) is 21.4 Å². The number of carbonyl (C=O) groups excluding carboxylic acids is 1. The number of carbonyl (C=O) groups is 1. The van der Waals surface area contributed by atoms with Crippen molar-refractivity contribution < 1.29 is 17.6 Å². The lowest BCUT2D eigenvalue weighted by Crippen LogP contribution is -2.13. The van der Waals surface area contributed by atoms with Crippen molar-refractivity contribution in [2.75, 3.05) is 12.0 Å². The van der Waals surface area contributed by atoms with Crippen LogP contribution in [0.5, 0.6) is 0 Å². The molecule has 36 heavy (non-hydrogen) atoms. The molecule has 0 aliphatic carbocycles. The number of rotatable bonds is 9. The molecule has 0 aromatic heterocycles. The molecule has 0 fully saturated rings. The highest BCUT2D eigenvalue weighted by molar-refractivity contribution is 7.90. The van der Waals surface area contributed by atoms with E-state index in [1.165, 1.54) is 17.2 Å². The van der Waals surface area contributed by atoms with E-state index in [1.54, 1.807) is 19.1 Å². The fourth-order valence-corrected chi connectivity index (χ4v) is 4.92. The van der Waals surface area contributed by atoms with Crippen LogP contribution in [0.15, 0.2) is 60.7 Å². The molecular weight excluding hydrogens is 471 g/mol. The van der Waals surface area contributed by atoms with E-state index in [4.69, 9.17) is 0 Å². The molecule has 0 saturated heterocycles. The van der Waals surface area contributed by atoms with Crippen molar-refractivity contribution in [3.63, 3.8) is 0 Å². The van der Waals surface area contributed by atoms with Gasteiger partial charge in [0, 0.05) is 18.6 Å². The van der Waals surface area contributed by atoms with E-state index >= 15 is 0 Å². The predicted molar refractivity (Wildman–Crippen MR) is 147 cm³/mol. The third-order valence-electron chi connectivity index (χ3n) is 6.75. The Morgan fingerprint density at radius 2 is 1.64 bits per heavy atom. The Morgan fingerprint density at radius 1 is 0.944 bits per heavy atom. The summed E-state index contributed by atoms with van der Waals surface area (Å²) in [6.45, 7) is 10.5. The number of Topliss-reactive ketones (excluding diaryl/α,β-unsaturated/α-hetero) is 1. The second-order valence-corrected chi connectivity index (χ2v) is 13.2. The number of hydrogen-bond acceptors (Lipinski definition) is 3. The van der Waals surface area contributed by atoms with Crippen LogP contribution in [0.1, 0.15) is 67.9 Å². The van der Waals surface area contributed by atoms with Crippen LogP contribution >= 0.6 is 0 Å². The van der Waals surface area contributed by atoms with E-state index < -0.39 is 21.6 Å². The van der Waals surface area contributed by atoms with E-state index in [2.05, 4.69) is 70.2 Å². The van der Waals surface area contributed by atoms with Crippen LogP contribution in [0.3, 0.4) is 0 Å². The van der Waals surface area contributed by atoms with Crippen molar-refractivity contribution >= 4 is 15.6 Å². The minimum absolute atomic E-state index is 0.0129. The van der Waals surface area contributed by atoms with Crippen molar-refractivity contribution in [3.8, 4) is 11.1 Å². The first kappa shape index (κ1) is 27.8. The lowest BCUT2D eigenvalue weighted by Gasteiger charge is -2.22. The van der Waals surface area contributed by atoms with Gasteiger partial charge in [-0.1, -0.05) is 87.9 Å². The Kier molecular flexibility index (Phi) is 8.55. The number of halogens is 1. The highest BCUT2D eigenvalue weighted by atomic mass is 32.2. The van der Waals surface area contributed by atoms with Crippen molar-refractivity contribution in [3.05, 3.63) is 94.3 Å². The Hall–Kier alpha value is -2.79. The van der Waals surface area contributed by atoms with Crippen LogP contribution in [0.2, 0.25) is 0 Å². The van der Waals surface area contributed by atoms with Gasteiger partial charge in [0.2, 0.25) is 0 Å². The Labute approximate surface area is 215 Å². The normalized spacial score (nSPS) is 13.0. The Bertz CT molecular complexity index is 1350. The Balaban J connectivity index is 1.78. The number of ketones is 1. The van der Waals surface area contributed by atoms with Crippen molar-refractivity contribution in [2.24, 2.45) is 0 Å². The topological polar surface area (TPSA) is 51.2 Å². The van der Waals surface area contributed by atoms with Crippen LogP contribution in [-0.4, -0.2) is 26.2 Å². The molecule has 3 aromatic carbocycles. The summed E-state index contributed by atoms with van der Waals surface area (Å²) in [4.78, 5) is 13.1. The third kappa shape index (κ3) is 7.36. The van der Waals surface area contributed by atoms with Gasteiger partial charge < -0.3 is 0 Å². The van der Waals surface area contributed by atoms with Crippen molar-refractivity contribution in [1.82, 2.24) is 0 Å². The van der Waals surface area contributed by atoms with Crippen molar-refractivity contribution in [2.45, 2.75) is 65.2 Å². The molecule has 0 aliphatic rings. The molecule has 0 bridgehead atoms. The van der Waals surface area contributed by atoms with Gasteiger partial charge in [-0.25, -0.2) is 12.8 Å². The van der Waals surface area contributed by atoms with Crippen molar-refractivity contribution in [1.29, 1.82) is 0 Å². The van der Waals surface area contributed by atoms with Gasteiger partial charge in [-0.15, -0.1) is 0 Å². The van der Waals surface area contributed by atoms with E-state index in [9.17, 15) is 17.6 Å². The molecule has 3 nitrogen and oxygen atoms in total. The number of hydrogen-bond donors (Lipinski definition) is 0. The van der Waals surface area contributed by atoms with Crippen LogP contribution < -0.4 is 0 Å². The molecule has 0 amide bonds. The molecule has 3 aromatic rings. The largest absolute Gasteiger partial charge is 0.299 e. The lowest BCUT2D eigenvalue weighted by molar-refractivity contribution is -0.120. The van der Waals surface area contributed by atoms with Crippen LogP contribution in [0.25, 0.3) is 11.1 Å². The van der Waals surface area contributed by atoms with Crippen LogP contribution in [-0.2, 0) is 32.9 Å². The zero-order chi connectivity index (χ0) is 26.7. The van der Waals surface area contributed by atoms with E-state index in [0.29, 0.717) is 24.0 Å². The third-order valence-corrected chi connectivity index (χ3v) is 7.69. The standard InChI is InChI=1S/C31H37FO3S/c1-21-8-7-9-26(18-21)28-20-27(31(3,4)5)14-12-23(28)13-15-30(33)22(2)25-11-10-24(29(32)19-25)16-17-36(6,34)35/h7-12,14,18-20,22H,13,15-17H2,1-6H3. The van der Waals surface area contributed by atoms with Gasteiger partial charge in [0.05, 0.1) is 5.75 Å². The number of aryl methyl sites for hydroxylation is 3. The Morgan fingerprint density at radius 3 is 2.25 bits per heavy atom. The monoisotopic (exact) mass is 508 g/mol. The number of sulfone groups is 1. The molecule has 0 radical (unpaired) electrons. The highest BCUT2D eigenvalue weighted by Gasteiger charge is 2.20. The van der Waals surface area contributed by atoms with E-state index in [1.807, 2.05) is 0 Å². The molecule has 0 heterocycles. The molecular formula is C31H37FO3S. The average molecular weight is 509 g/mol. The lowest BCUT2D eigenvalue weighted by atomic mass is 9.83. The van der Waals surface area contributed by atoms with Gasteiger partial charge in [0.15, 0.2) is 0 Å².